The van der Waals surface area contributed by atoms with Crippen LogP contribution >= 0.6 is 0 Å². The van der Waals surface area contributed by atoms with E-state index in [-0.39, 0.29) is 24.1 Å². The SMILES string of the molecule is CC(=O)NCCNC(=O)c1ccc(C#CCO)cn1. The molecule has 2 amide bonds. The fourth-order valence-corrected chi connectivity index (χ4v) is 1.25. The van der Waals surface area contributed by atoms with E-state index in [1.165, 1.54) is 13.1 Å². The van der Waals surface area contributed by atoms with E-state index in [2.05, 4.69) is 27.5 Å². The first kappa shape index (κ1) is 14.7. The van der Waals surface area contributed by atoms with E-state index in [0.717, 1.165) is 0 Å². The summed E-state index contributed by atoms with van der Waals surface area (Å²) in [6.07, 6.45) is 1.46. The summed E-state index contributed by atoms with van der Waals surface area (Å²) in [5.74, 6) is 4.72. The summed E-state index contributed by atoms with van der Waals surface area (Å²) >= 11 is 0. The van der Waals surface area contributed by atoms with Crippen LogP contribution in [0.2, 0.25) is 0 Å². The summed E-state index contributed by atoms with van der Waals surface area (Å²) in [4.78, 5) is 26.2. The van der Waals surface area contributed by atoms with Crippen molar-refractivity contribution in [3.63, 3.8) is 0 Å². The normalized spacial score (nSPS) is 9.16. The molecule has 0 fully saturated rings. The molecule has 0 radical (unpaired) electrons. The second-order valence-corrected chi connectivity index (χ2v) is 3.63. The van der Waals surface area contributed by atoms with Gasteiger partial charge >= 0.3 is 0 Å². The zero-order valence-electron chi connectivity index (χ0n) is 10.6. The van der Waals surface area contributed by atoms with Crippen LogP contribution in [0.4, 0.5) is 0 Å². The molecule has 0 atom stereocenters. The van der Waals surface area contributed by atoms with Gasteiger partial charge in [0.1, 0.15) is 12.3 Å². The Morgan fingerprint density at radius 2 is 2.05 bits per heavy atom. The maximum Gasteiger partial charge on any atom is 0.269 e. The van der Waals surface area contributed by atoms with E-state index in [9.17, 15) is 9.59 Å². The molecule has 3 N–H and O–H groups in total. The number of rotatable bonds is 4. The maximum absolute atomic E-state index is 11.7. The van der Waals surface area contributed by atoms with Gasteiger partial charge in [0.15, 0.2) is 0 Å². The van der Waals surface area contributed by atoms with Crippen molar-refractivity contribution < 1.29 is 14.7 Å². The van der Waals surface area contributed by atoms with Gasteiger partial charge < -0.3 is 15.7 Å². The average Bonchev–Trinajstić information content (AvgIpc) is 2.41. The molecular weight excluding hydrogens is 246 g/mol. The van der Waals surface area contributed by atoms with Gasteiger partial charge in [-0.25, -0.2) is 4.98 Å². The fourth-order valence-electron chi connectivity index (χ4n) is 1.25. The van der Waals surface area contributed by atoms with Crippen LogP contribution < -0.4 is 10.6 Å². The highest BCUT2D eigenvalue weighted by molar-refractivity contribution is 5.92. The summed E-state index contributed by atoms with van der Waals surface area (Å²) in [5, 5.41) is 13.7. The third-order valence-corrected chi connectivity index (χ3v) is 2.09. The molecule has 0 aromatic carbocycles. The number of aromatic nitrogens is 1. The van der Waals surface area contributed by atoms with Gasteiger partial charge in [-0.2, -0.15) is 0 Å². The number of pyridine rings is 1. The number of nitrogens with zero attached hydrogens (tertiary/aromatic N) is 1. The molecule has 6 nitrogen and oxygen atoms in total. The van der Waals surface area contributed by atoms with Gasteiger partial charge in [-0.1, -0.05) is 11.8 Å². The second kappa shape index (κ2) is 7.84. The predicted molar refractivity (Wildman–Crippen MR) is 69.2 cm³/mol. The van der Waals surface area contributed by atoms with Gasteiger partial charge in [0.25, 0.3) is 5.91 Å². The topological polar surface area (TPSA) is 91.3 Å². The number of aliphatic hydroxyl groups excluding tert-OH is 1. The Labute approximate surface area is 111 Å². The van der Waals surface area contributed by atoms with Gasteiger partial charge in [0, 0.05) is 31.8 Å². The highest BCUT2D eigenvalue weighted by Crippen LogP contribution is 1.98. The summed E-state index contributed by atoms with van der Waals surface area (Å²) in [5.41, 5.74) is 0.904. The van der Waals surface area contributed by atoms with E-state index in [1.807, 2.05) is 0 Å². The molecule has 0 aliphatic rings. The Morgan fingerprint density at radius 1 is 1.32 bits per heavy atom. The lowest BCUT2D eigenvalue weighted by molar-refractivity contribution is -0.118. The smallest absolute Gasteiger partial charge is 0.269 e. The second-order valence-electron chi connectivity index (χ2n) is 3.63. The lowest BCUT2D eigenvalue weighted by Gasteiger charge is -2.05. The predicted octanol–water partition coefficient (Wildman–Crippen LogP) is -0.709. The van der Waals surface area contributed by atoms with Crippen molar-refractivity contribution in [2.45, 2.75) is 6.92 Å². The third-order valence-electron chi connectivity index (χ3n) is 2.09. The molecule has 6 heteroatoms. The maximum atomic E-state index is 11.7. The van der Waals surface area contributed by atoms with Crippen molar-refractivity contribution in [3.05, 3.63) is 29.6 Å². The minimum absolute atomic E-state index is 0.140. The quantitative estimate of drug-likeness (QED) is 0.493. The van der Waals surface area contributed by atoms with Crippen molar-refractivity contribution >= 4 is 11.8 Å². The van der Waals surface area contributed by atoms with Crippen molar-refractivity contribution in [2.75, 3.05) is 19.7 Å². The first-order valence-electron chi connectivity index (χ1n) is 5.72. The van der Waals surface area contributed by atoms with Gasteiger partial charge in [0.2, 0.25) is 5.91 Å². The van der Waals surface area contributed by atoms with Crippen LogP contribution in [0.1, 0.15) is 23.0 Å². The van der Waals surface area contributed by atoms with Gasteiger partial charge in [-0.15, -0.1) is 0 Å². The van der Waals surface area contributed by atoms with Crippen LogP contribution in [-0.4, -0.2) is 41.6 Å². The van der Waals surface area contributed by atoms with E-state index in [4.69, 9.17) is 5.11 Å². The Hall–Kier alpha value is -2.39. The molecule has 0 saturated heterocycles. The molecule has 0 bridgehead atoms. The zero-order chi connectivity index (χ0) is 14.1. The third kappa shape index (κ3) is 5.66. The Balaban J connectivity index is 2.46. The van der Waals surface area contributed by atoms with Gasteiger partial charge in [-0.05, 0) is 12.1 Å². The number of nitrogens with one attached hydrogen (secondary N) is 2. The Morgan fingerprint density at radius 3 is 2.63 bits per heavy atom. The average molecular weight is 261 g/mol. The first-order valence-corrected chi connectivity index (χ1v) is 5.72. The monoisotopic (exact) mass is 261 g/mol. The lowest BCUT2D eigenvalue weighted by Crippen LogP contribution is -2.33. The van der Waals surface area contributed by atoms with Crippen LogP contribution in [0.15, 0.2) is 18.3 Å². The molecule has 1 rings (SSSR count). The minimum Gasteiger partial charge on any atom is -0.384 e. The van der Waals surface area contributed by atoms with E-state index in [1.54, 1.807) is 12.1 Å². The molecule has 0 aliphatic carbocycles. The fraction of sp³-hybridized carbons (Fsp3) is 0.308. The molecule has 0 spiro atoms. The van der Waals surface area contributed by atoms with Crippen LogP contribution in [0.5, 0.6) is 0 Å². The summed E-state index contributed by atoms with van der Waals surface area (Å²) in [6, 6.07) is 3.20. The standard InChI is InChI=1S/C13H15N3O3/c1-10(18)14-6-7-15-13(19)12-5-4-11(9-16-12)3-2-8-17/h4-5,9,17H,6-8H2,1H3,(H,14,18)(H,15,19). The highest BCUT2D eigenvalue weighted by atomic mass is 16.2. The number of amides is 2. The van der Waals surface area contributed by atoms with Crippen molar-refractivity contribution in [1.82, 2.24) is 15.6 Å². The molecule has 100 valence electrons. The molecule has 0 aliphatic heterocycles. The Bertz CT molecular complexity index is 500. The Kier molecular flexibility index (Phi) is 6.06. The molecule has 1 aromatic rings. The van der Waals surface area contributed by atoms with Crippen LogP contribution in [0, 0.1) is 11.8 Å². The number of aliphatic hydroxyl groups is 1. The lowest BCUT2D eigenvalue weighted by atomic mass is 10.2. The zero-order valence-corrected chi connectivity index (χ0v) is 10.6. The van der Waals surface area contributed by atoms with Crippen LogP contribution in [-0.2, 0) is 4.79 Å². The number of carbonyl (C=O) groups excluding carboxylic acids is 2. The molecule has 19 heavy (non-hydrogen) atoms. The largest absolute Gasteiger partial charge is 0.384 e. The van der Waals surface area contributed by atoms with E-state index >= 15 is 0 Å². The number of hydrogen-bond acceptors (Lipinski definition) is 4. The summed E-state index contributed by atoms with van der Waals surface area (Å²) < 4.78 is 0. The highest BCUT2D eigenvalue weighted by Gasteiger charge is 2.05. The van der Waals surface area contributed by atoms with Crippen LogP contribution in [0.3, 0.4) is 0 Å². The summed E-state index contributed by atoms with van der Waals surface area (Å²) in [7, 11) is 0. The van der Waals surface area contributed by atoms with Crippen molar-refractivity contribution in [3.8, 4) is 11.8 Å². The number of hydrogen-bond donors (Lipinski definition) is 3. The van der Waals surface area contributed by atoms with E-state index in [0.29, 0.717) is 18.7 Å². The summed E-state index contributed by atoms with van der Waals surface area (Å²) in [6.45, 7) is 1.91. The van der Waals surface area contributed by atoms with Crippen LogP contribution in [0.25, 0.3) is 0 Å². The molecule has 1 aromatic heterocycles. The van der Waals surface area contributed by atoms with Gasteiger partial charge in [-0.3, -0.25) is 9.59 Å². The van der Waals surface area contributed by atoms with Crippen molar-refractivity contribution in [1.29, 1.82) is 0 Å². The molecular formula is C13H15N3O3. The van der Waals surface area contributed by atoms with Crippen molar-refractivity contribution in [2.24, 2.45) is 0 Å². The molecule has 1 heterocycles. The van der Waals surface area contributed by atoms with Gasteiger partial charge in [0.05, 0.1) is 0 Å². The number of carbonyl (C=O) groups is 2. The van der Waals surface area contributed by atoms with E-state index < -0.39 is 0 Å². The minimum atomic E-state index is -0.313. The molecule has 0 unspecified atom stereocenters. The first-order chi connectivity index (χ1) is 9.13. The molecule has 0 saturated carbocycles.